The number of fused-ring (bicyclic) bond motifs is 3. The maximum Gasteiger partial charge on any atom is 0.270 e. The van der Waals surface area contributed by atoms with Gasteiger partial charge in [0.25, 0.3) is 5.91 Å². The normalized spacial score (nSPS) is 18.4. The van der Waals surface area contributed by atoms with E-state index in [1.165, 1.54) is 10.9 Å². The van der Waals surface area contributed by atoms with Crippen molar-refractivity contribution in [3.63, 3.8) is 0 Å². The summed E-state index contributed by atoms with van der Waals surface area (Å²) in [7, 11) is 8.24. The molecule has 1 saturated heterocycles. The third-order valence-corrected chi connectivity index (χ3v) is 5.49. The molecule has 5 nitrogen and oxygen atoms in total. The van der Waals surface area contributed by atoms with Gasteiger partial charge in [-0.1, -0.05) is 18.2 Å². The fourth-order valence-corrected chi connectivity index (χ4v) is 3.97. The van der Waals surface area contributed by atoms with Crippen LogP contribution in [0.25, 0.3) is 21.9 Å². The molecule has 0 spiro atoms. The lowest BCUT2D eigenvalue weighted by Gasteiger charge is -2.20. The third-order valence-electron chi connectivity index (χ3n) is 5.49. The van der Waals surface area contributed by atoms with E-state index in [0.29, 0.717) is 6.04 Å². The van der Waals surface area contributed by atoms with Gasteiger partial charge in [0.15, 0.2) is 0 Å². The molecule has 0 bridgehead atoms. The lowest BCUT2D eigenvalue weighted by atomic mass is 10.2. The number of carbonyl (C=O) groups is 1. The summed E-state index contributed by atoms with van der Waals surface area (Å²) in [4.78, 5) is 17.2. The molecule has 1 amide bonds. The first-order valence-electron chi connectivity index (χ1n) is 8.47. The van der Waals surface area contributed by atoms with Gasteiger partial charge in [-0.3, -0.25) is 4.79 Å². The van der Waals surface area contributed by atoms with Gasteiger partial charge in [0.2, 0.25) is 0 Å². The minimum Gasteiger partial charge on any atom is -0.342 e. The van der Waals surface area contributed by atoms with Crippen molar-refractivity contribution >= 4 is 27.8 Å². The maximum atomic E-state index is 13.0. The Morgan fingerprint density at radius 2 is 1.88 bits per heavy atom. The highest BCUT2D eigenvalue weighted by Crippen LogP contribution is 2.31. The summed E-state index contributed by atoms with van der Waals surface area (Å²) in [6.07, 6.45) is 1.05. The molecule has 1 aliphatic rings. The number of benzene rings is 1. The van der Waals surface area contributed by atoms with Crippen LogP contribution in [0.15, 0.2) is 30.3 Å². The van der Waals surface area contributed by atoms with Crippen LogP contribution in [0.1, 0.15) is 16.9 Å². The summed E-state index contributed by atoms with van der Waals surface area (Å²) in [5.41, 5.74) is 4.23. The molecule has 1 unspecified atom stereocenters. The van der Waals surface area contributed by atoms with Crippen molar-refractivity contribution in [2.75, 3.05) is 27.2 Å². The molecule has 3 heterocycles. The average molecular weight is 324 g/mol. The minimum atomic E-state index is 0.141. The predicted octanol–water partition coefficient (Wildman–Crippen LogP) is 2.45. The van der Waals surface area contributed by atoms with Crippen molar-refractivity contribution in [1.29, 1.82) is 0 Å². The van der Waals surface area contributed by atoms with Gasteiger partial charge in [-0.05, 0) is 32.6 Å². The van der Waals surface area contributed by atoms with Gasteiger partial charge in [0.1, 0.15) is 5.69 Å². The molecule has 0 radical (unpaired) electrons. The Bertz CT molecular complexity index is 934. The highest BCUT2D eigenvalue weighted by Gasteiger charge is 2.30. The van der Waals surface area contributed by atoms with Crippen molar-refractivity contribution in [2.24, 2.45) is 14.1 Å². The van der Waals surface area contributed by atoms with Crippen LogP contribution in [0.5, 0.6) is 0 Å². The number of hydrogen-bond acceptors (Lipinski definition) is 2. The second-order valence-corrected chi connectivity index (χ2v) is 7.06. The van der Waals surface area contributed by atoms with E-state index in [4.69, 9.17) is 0 Å². The summed E-state index contributed by atoms with van der Waals surface area (Å²) in [5, 5.41) is 1.20. The number of carbonyl (C=O) groups excluding carboxylic acids is 1. The second kappa shape index (κ2) is 5.38. The first-order chi connectivity index (χ1) is 11.5. The van der Waals surface area contributed by atoms with Crippen LogP contribution in [0.4, 0.5) is 0 Å². The Morgan fingerprint density at radius 1 is 1.12 bits per heavy atom. The molecule has 1 aromatic carbocycles. The first-order valence-corrected chi connectivity index (χ1v) is 8.47. The molecule has 0 N–H and O–H groups in total. The largest absolute Gasteiger partial charge is 0.342 e. The van der Waals surface area contributed by atoms with E-state index >= 15 is 0 Å². The molecule has 24 heavy (non-hydrogen) atoms. The van der Waals surface area contributed by atoms with Gasteiger partial charge in [-0.2, -0.15) is 0 Å². The molecule has 1 aliphatic heterocycles. The van der Waals surface area contributed by atoms with E-state index < -0.39 is 0 Å². The second-order valence-electron chi connectivity index (χ2n) is 7.06. The number of aryl methyl sites for hydroxylation is 2. The minimum absolute atomic E-state index is 0.141. The van der Waals surface area contributed by atoms with Crippen molar-refractivity contribution in [3.8, 4) is 0 Å². The van der Waals surface area contributed by atoms with Crippen LogP contribution in [-0.2, 0) is 14.1 Å². The average Bonchev–Trinajstić information content (AvgIpc) is 3.24. The van der Waals surface area contributed by atoms with Crippen LogP contribution in [-0.4, -0.2) is 58.1 Å². The first kappa shape index (κ1) is 15.3. The maximum absolute atomic E-state index is 13.0. The molecule has 1 atom stereocenters. The van der Waals surface area contributed by atoms with Crippen LogP contribution >= 0.6 is 0 Å². The highest BCUT2D eigenvalue weighted by atomic mass is 16.2. The molecule has 126 valence electrons. The number of likely N-dealkylation sites (N-methyl/N-ethyl adjacent to an activating group) is 1. The fraction of sp³-hybridized carbons (Fsp3) is 0.421. The number of nitrogens with zero attached hydrogens (tertiary/aromatic N) is 4. The Hall–Kier alpha value is -2.27. The molecule has 0 aliphatic carbocycles. The highest BCUT2D eigenvalue weighted by molar-refractivity contribution is 6.10. The number of likely N-dealkylation sites (tertiary alicyclic amines) is 1. The Morgan fingerprint density at radius 3 is 2.58 bits per heavy atom. The number of hydrogen-bond donors (Lipinski definition) is 0. The van der Waals surface area contributed by atoms with Crippen LogP contribution < -0.4 is 0 Å². The lowest BCUT2D eigenvalue weighted by Crippen LogP contribution is -2.35. The van der Waals surface area contributed by atoms with E-state index in [1.807, 2.05) is 18.0 Å². The fourth-order valence-electron chi connectivity index (χ4n) is 3.97. The Balaban J connectivity index is 1.77. The Kier molecular flexibility index (Phi) is 3.42. The smallest absolute Gasteiger partial charge is 0.270 e. The van der Waals surface area contributed by atoms with Crippen molar-refractivity contribution < 1.29 is 4.79 Å². The standard InChI is InChI=1S/C19H24N4O/c1-20(2)13-9-10-23(12-13)19(24)17-11-16-18(22(17)4)14-7-5-6-8-15(14)21(16)3/h5-8,11,13H,9-10,12H2,1-4H3. The van der Waals surface area contributed by atoms with Gasteiger partial charge in [0, 0.05) is 38.6 Å². The predicted molar refractivity (Wildman–Crippen MR) is 97.4 cm³/mol. The third kappa shape index (κ3) is 2.08. The summed E-state index contributed by atoms with van der Waals surface area (Å²) < 4.78 is 4.23. The summed E-state index contributed by atoms with van der Waals surface area (Å²) in [6.45, 7) is 1.65. The number of amides is 1. The van der Waals surface area contributed by atoms with Gasteiger partial charge in [-0.25, -0.2) is 0 Å². The number of para-hydroxylation sites is 1. The van der Waals surface area contributed by atoms with Gasteiger partial charge >= 0.3 is 0 Å². The summed E-state index contributed by atoms with van der Waals surface area (Å²) in [5.74, 6) is 0.141. The summed E-state index contributed by atoms with van der Waals surface area (Å²) >= 11 is 0. The molecule has 2 aromatic heterocycles. The molecule has 0 saturated carbocycles. The number of aromatic nitrogens is 2. The van der Waals surface area contributed by atoms with Crippen LogP contribution in [0, 0.1) is 0 Å². The topological polar surface area (TPSA) is 33.4 Å². The molecule has 1 fully saturated rings. The molecule has 3 aromatic rings. The van der Waals surface area contributed by atoms with Crippen molar-refractivity contribution in [2.45, 2.75) is 12.5 Å². The van der Waals surface area contributed by atoms with Gasteiger partial charge in [-0.15, -0.1) is 0 Å². The van der Waals surface area contributed by atoms with Crippen molar-refractivity contribution in [1.82, 2.24) is 18.9 Å². The SMILES string of the molecule is CN(C)C1CCN(C(=O)c2cc3c(c4ccccc4n3C)n2C)C1. The molecule has 5 heteroatoms. The number of rotatable bonds is 2. The van der Waals surface area contributed by atoms with E-state index in [1.54, 1.807) is 0 Å². The molecular formula is C19H24N4O. The zero-order chi connectivity index (χ0) is 17.0. The quantitative estimate of drug-likeness (QED) is 0.725. The van der Waals surface area contributed by atoms with Gasteiger partial charge in [0.05, 0.1) is 16.6 Å². The van der Waals surface area contributed by atoms with E-state index in [0.717, 1.165) is 36.2 Å². The molecule has 4 rings (SSSR count). The lowest BCUT2D eigenvalue weighted by molar-refractivity contribution is 0.0774. The van der Waals surface area contributed by atoms with Gasteiger partial charge < -0.3 is 18.9 Å². The van der Waals surface area contributed by atoms with E-state index in [9.17, 15) is 4.79 Å². The Labute approximate surface area is 142 Å². The zero-order valence-electron chi connectivity index (χ0n) is 14.8. The van der Waals surface area contributed by atoms with Crippen molar-refractivity contribution in [3.05, 3.63) is 36.0 Å². The van der Waals surface area contributed by atoms with Crippen LogP contribution in [0.3, 0.4) is 0 Å². The van der Waals surface area contributed by atoms with E-state index in [2.05, 4.69) is 59.4 Å². The monoisotopic (exact) mass is 324 g/mol. The van der Waals surface area contributed by atoms with E-state index in [-0.39, 0.29) is 5.91 Å². The van der Waals surface area contributed by atoms with Crippen LogP contribution in [0.2, 0.25) is 0 Å². The zero-order valence-corrected chi connectivity index (χ0v) is 14.8. The molecular weight excluding hydrogens is 300 g/mol. The summed E-state index contributed by atoms with van der Waals surface area (Å²) in [6, 6.07) is 10.9.